The number of rotatable bonds is 7. The number of hydrogen-bond acceptors (Lipinski definition) is 5. The number of piperazine rings is 1. The average molecular weight is 426 g/mol. The summed E-state index contributed by atoms with van der Waals surface area (Å²) >= 11 is 1.28. The Morgan fingerprint density at radius 1 is 1.11 bits per heavy atom. The number of nitrogens with zero attached hydrogens (tertiary/aromatic N) is 2. The van der Waals surface area contributed by atoms with Gasteiger partial charge < -0.3 is 5.32 Å². The molecular weight excluding hydrogens is 401 g/mol. The quantitative estimate of drug-likeness (QED) is 0.735. The van der Waals surface area contributed by atoms with E-state index in [0.717, 1.165) is 10.4 Å². The van der Waals surface area contributed by atoms with Crippen LogP contribution < -0.4 is 5.32 Å². The van der Waals surface area contributed by atoms with Crippen LogP contribution in [0.2, 0.25) is 0 Å². The van der Waals surface area contributed by atoms with Crippen molar-refractivity contribution < 1.29 is 17.6 Å². The molecule has 1 aromatic heterocycles. The highest BCUT2D eigenvalue weighted by Crippen LogP contribution is 2.25. The molecule has 9 heteroatoms. The van der Waals surface area contributed by atoms with Gasteiger partial charge in [-0.2, -0.15) is 4.31 Å². The van der Waals surface area contributed by atoms with Crippen LogP contribution in [0.15, 0.2) is 40.6 Å². The fraction of sp³-hybridized carbons (Fsp3) is 0.421. The first-order chi connectivity index (χ1) is 13.3. The second kappa shape index (κ2) is 9.13. The van der Waals surface area contributed by atoms with Crippen molar-refractivity contribution in [2.45, 2.75) is 17.6 Å². The lowest BCUT2D eigenvalue weighted by Crippen LogP contribution is -2.51. The number of nitrogens with one attached hydrogen (secondary N) is 1. The van der Waals surface area contributed by atoms with Gasteiger partial charge in [-0.05, 0) is 43.2 Å². The summed E-state index contributed by atoms with van der Waals surface area (Å²) < 4.78 is 40.0. The maximum Gasteiger partial charge on any atom is 0.252 e. The summed E-state index contributed by atoms with van der Waals surface area (Å²) in [6, 6.07) is 9.68. The Morgan fingerprint density at radius 3 is 2.39 bits per heavy atom. The van der Waals surface area contributed by atoms with Gasteiger partial charge in [-0.3, -0.25) is 9.69 Å². The lowest BCUT2D eigenvalue weighted by Gasteiger charge is -2.33. The number of aryl methyl sites for hydroxylation is 1. The molecule has 6 nitrogen and oxygen atoms in total. The van der Waals surface area contributed by atoms with Crippen LogP contribution in [0, 0.1) is 12.7 Å². The normalized spacial score (nSPS) is 16.2. The topological polar surface area (TPSA) is 69.7 Å². The Kier molecular flexibility index (Phi) is 6.82. The fourth-order valence-electron chi connectivity index (χ4n) is 3.06. The van der Waals surface area contributed by atoms with E-state index >= 15 is 0 Å². The van der Waals surface area contributed by atoms with Crippen molar-refractivity contribution in [1.82, 2.24) is 14.5 Å². The van der Waals surface area contributed by atoms with Gasteiger partial charge in [0.05, 0.1) is 6.54 Å². The van der Waals surface area contributed by atoms with Crippen molar-refractivity contribution in [2.24, 2.45) is 0 Å². The van der Waals surface area contributed by atoms with Gasteiger partial charge in [0.15, 0.2) is 0 Å². The van der Waals surface area contributed by atoms with E-state index in [0.29, 0.717) is 43.4 Å². The molecular formula is C19H24FN3O3S2. The summed E-state index contributed by atoms with van der Waals surface area (Å²) in [6.07, 6.45) is 0.637. The lowest BCUT2D eigenvalue weighted by molar-refractivity contribution is -0.122. The van der Waals surface area contributed by atoms with Gasteiger partial charge in [0.1, 0.15) is 10.0 Å². The van der Waals surface area contributed by atoms with Gasteiger partial charge in [0, 0.05) is 37.6 Å². The van der Waals surface area contributed by atoms with E-state index in [4.69, 9.17) is 0 Å². The van der Waals surface area contributed by atoms with E-state index in [1.807, 2.05) is 17.9 Å². The van der Waals surface area contributed by atoms with Crippen molar-refractivity contribution in [3.63, 3.8) is 0 Å². The number of hydrogen-bond donors (Lipinski definition) is 1. The molecule has 2 heterocycles. The Bertz CT molecular complexity index is 905. The van der Waals surface area contributed by atoms with Gasteiger partial charge in [-0.25, -0.2) is 12.8 Å². The number of carbonyl (C=O) groups excluding carboxylic acids is 1. The number of thiophene rings is 1. The number of sulfonamides is 1. The molecule has 0 atom stereocenters. The summed E-state index contributed by atoms with van der Waals surface area (Å²) in [4.78, 5) is 15.0. The van der Waals surface area contributed by atoms with Crippen LogP contribution in [0.25, 0.3) is 0 Å². The van der Waals surface area contributed by atoms with E-state index in [-0.39, 0.29) is 18.3 Å². The first kappa shape index (κ1) is 20.9. The zero-order chi connectivity index (χ0) is 20.1. The van der Waals surface area contributed by atoms with E-state index < -0.39 is 10.0 Å². The van der Waals surface area contributed by atoms with E-state index in [1.54, 1.807) is 18.2 Å². The Balaban J connectivity index is 1.41. The molecule has 0 unspecified atom stereocenters. The van der Waals surface area contributed by atoms with Gasteiger partial charge in [-0.1, -0.05) is 12.1 Å². The van der Waals surface area contributed by atoms with Gasteiger partial charge in [0.2, 0.25) is 5.91 Å². The molecule has 1 fully saturated rings. The van der Waals surface area contributed by atoms with Crippen LogP contribution >= 0.6 is 11.3 Å². The number of carbonyl (C=O) groups is 1. The minimum absolute atomic E-state index is 0.0905. The molecule has 1 aromatic carbocycles. The average Bonchev–Trinajstić information content (AvgIpc) is 3.11. The third-order valence-electron chi connectivity index (χ3n) is 4.66. The summed E-state index contributed by atoms with van der Waals surface area (Å²) in [7, 11) is -3.44. The van der Waals surface area contributed by atoms with Crippen molar-refractivity contribution in [1.29, 1.82) is 0 Å². The smallest absolute Gasteiger partial charge is 0.252 e. The molecule has 28 heavy (non-hydrogen) atoms. The largest absolute Gasteiger partial charge is 0.355 e. The molecule has 2 aromatic rings. The summed E-state index contributed by atoms with van der Waals surface area (Å²) in [6.45, 7) is 4.41. The Labute approximate surface area is 169 Å². The molecule has 1 amide bonds. The SMILES string of the molecule is Cc1ccc(S(=O)(=O)N2CCN(CC(=O)NCCc3ccc(F)cc3)CC2)s1. The first-order valence-corrected chi connectivity index (χ1v) is 11.4. The van der Waals surface area contributed by atoms with Gasteiger partial charge in [-0.15, -0.1) is 11.3 Å². The second-order valence-corrected chi connectivity index (χ2v) is 10.2. The summed E-state index contributed by atoms with van der Waals surface area (Å²) in [5.41, 5.74) is 0.962. The molecule has 1 aliphatic heterocycles. The monoisotopic (exact) mass is 425 g/mol. The number of benzene rings is 1. The summed E-state index contributed by atoms with van der Waals surface area (Å²) in [5, 5.41) is 2.86. The van der Waals surface area contributed by atoms with Crippen LogP contribution in [0.4, 0.5) is 4.39 Å². The standard InChI is InChI=1S/C19H24FN3O3S2/c1-15-2-7-19(27-15)28(25,26)23-12-10-22(11-13-23)14-18(24)21-9-8-16-3-5-17(20)6-4-16/h2-7H,8-14H2,1H3,(H,21,24). The number of amides is 1. The van der Waals surface area contributed by atoms with Crippen molar-refractivity contribution in [2.75, 3.05) is 39.3 Å². The molecule has 152 valence electrons. The highest BCUT2D eigenvalue weighted by molar-refractivity contribution is 7.91. The highest BCUT2D eigenvalue weighted by atomic mass is 32.2. The summed E-state index contributed by atoms with van der Waals surface area (Å²) in [5.74, 6) is -0.365. The van der Waals surface area contributed by atoms with Crippen molar-refractivity contribution in [3.05, 3.63) is 52.7 Å². The molecule has 1 aliphatic rings. The molecule has 0 aliphatic carbocycles. The first-order valence-electron chi connectivity index (χ1n) is 9.15. The third kappa shape index (κ3) is 5.38. The molecule has 3 rings (SSSR count). The van der Waals surface area contributed by atoms with Crippen LogP contribution in [-0.4, -0.2) is 62.8 Å². The van der Waals surface area contributed by atoms with Crippen molar-refractivity contribution >= 4 is 27.3 Å². The minimum Gasteiger partial charge on any atom is -0.355 e. The number of halogens is 1. The lowest BCUT2D eigenvalue weighted by atomic mass is 10.1. The van der Waals surface area contributed by atoms with E-state index in [2.05, 4.69) is 5.32 Å². The molecule has 0 radical (unpaired) electrons. The van der Waals surface area contributed by atoms with E-state index in [1.165, 1.54) is 27.8 Å². The fourth-order valence-corrected chi connectivity index (χ4v) is 5.92. The van der Waals surface area contributed by atoms with Gasteiger partial charge in [0.25, 0.3) is 10.0 Å². The molecule has 0 saturated carbocycles. The molecule has 0 bridgehead atoms. The van der Waals surface area contributed by atoms with Crippen LogP contribution in [0.1, 0.15) is 10.4 Å². The Hall–Kier alpha value is -1.81. The van der Waals surface area contributed by atoms with Gasteiger partial charge >= 0.3 is 0 Å². The second-order valence-electron chi connectivity index (χ2n) is 6.77. The Morgan fingerprint density at radius 2 is 1.79 bits per heavy atom. The molecule has 1 saturated heterocycles. The van der Waals surface area contributed by atoms with Crippen LogP contribution in [0.3, 0.4) is 0 Å². The predicted octanol–water partition coefficient (Wildman–Crippen LogP) is 1.86. The minimum atomic E-state index is -3.44. The zero-order valence-corrected chi connectivity index (χ0v) is 17.4. The zero-order valence-electron chi connectivity index (χ0n) is 15.7. The van der Waals surface area contributed by atoms with Crippen LogP contribution in [-0.2, 0) is 21.2 Å². The third-order valence-corrected chi connectivity index (χ3v) is 8.02. The molecule has 0 spiro atoms. The van der Waals surface area contributed by atoms with Crippen LogP contribution in [0.5, 0.6) is 0 Å². The van der Waals surface area contributed by atoms with E-state index in [9.17, 15) is 17.6 Å². The molecule has 1 N–H and O–H groups in total. The highest BCUT2D eigenvalue weighted by Gasteiger charge is 2.29. The predicted molar refractivity (Wildman–Crippen MR) is 107 cm³/mol. The van der Waals surface area contributed by atoms with Crippen molar-refractivity contribution in [3.8, 4) is 0 Å². The maximum absolute atomic E-state index is 12.9. The maximum atomic E-state index is 12.9.